The van der Waals surface area contributed by atoms with E-state index in [1.54, 1.807) is 23.2 Å². The first-order chi connectivity index (χ1) is 13.3. The first kappa shape index (κ1) is 20.3. The molecular weight excluding hydrogens is 378 g/mol. The first-order valence-electron chi connectivity index (χ1n) is 9.50. The van der Waals surface area contributed by atoms with Crippen molar-refractivity contribution in [3.63, 3.8) is 0 Å². The lowest BCUT2D eigenvalue weighted by Crippen LogP contribution is -2.51. The number of amides is 2. The zero-order valence-corrected chi connectivity index (χ0v) is 17.9. The molecule has 9 heteroatoms. The Morgan fingerprint density at radius 2 is 1.68 bits per heavy atom. The summed E-state index contributed by atoms with van der Waals surface area (Å²) in [6, 6.07) is 0. The molecular formula is C19H27N5O3S. The van der Waals surface area contributed by atoms with Crippen LogP contribution in [0.1, 0.15) is 34.4 Å². The van der Waals surface area contributed by atoms with Gasteiger partial charge in [-0.25, -0.2) is 14.5 Å². The molecule has 0 saturated carbocycles. The van der Waals surface area contributed by atoms with Gasteiger partial charge in [0.05, 0.1) is 24.4 Å². The van der Waals surface area contributed by atoms with Crippen molar-refractivity contribution in [1.82, 2.24) is 24.6 Å². The molecule has 1 aliphatic rings. The highest BCUT2D eigenvalue weighted by molar-refractivity contribution is 7.14. The van der Waals surface area contributed by atoms with Crippen molar-refractivity contribution in [1.29, 1.82) is 0 Å². The van der Waals surface area contributed by atoms with Crippen LogP contribution in [0.5, 0.6) is 0 Å². The van der Waals surface area contributed by atoms with Gasteiger partial charge >= 0.3 is 6.09 Å². The van der Waals surface area contributed by atoms with Crippen LogP contribution >= 0.6 is 11.3 Å². The number of carbonyl (C=O) groups excluding carboxylic acids is 2. The quantitative estimate of drug-likeness (QED) is 0.780. The van der Waals surface area contributed by atoms with Crippen LogP contribution in [0.3, 0.4) is 0 Å². The Balaban J connectivity index is 1.67. The number of aryl methyl sites for hydroxylation is 3. The van der Waals surface area contributed by atoms with Crippen LogP contribution in [0.4, 0.5) is 4.79 Å². The molecule has 0 bridgehead atoms. The number of aromatic nitrogens is 3. The Bertz CT molecular complexity index is 861. The van der Waals surface area contributed by atoms with E-state index in [1.165, 1.54) is 4.88 Å². The van der Waals surface area contributed by atoms with Crippen molar-refractivity contribution in [2.24, 2.45) is 0 Å². The average molecular weight is 406 g/mol. The first-order valence-corrected chi connectivity index (χ1v) is 10.3. The third kappa shape index (κ3) is 4.04. The van der Waals surface area contributed by atoms with Gasteiger partial charge in [-0.05, 0) is 34.6 Å². The van der Waals surface area contributed by atoms with E-state index < -0.39 is 0 Å². The summed E-state index contributed by atoms with van der Waals surface area (Å²) in [7, 11) is 0. The molecule has 0 unspecified atom stereocenters. The number of nitrogens with zero attached hydrogens (tertiary/aromatic N) is 5. The Morgan fingerprint density at radius 1 is 1.04 bits per heavy atom. The number of thiazole rings is 1. The second-order valence-corrected chi connectivity index (χ2v) is 8.12. The summed E-state index contributed by atoms with van der Waals surface area (Å²) >= 11 is 1.60. The fourth-order valence-corrected chi connectivity index (χ4v) is 4.19. The van der Waals surface area contributed by atoms with Crippen molar-refractivity contribution >= 4 is 23.3 Å². The molecule has 2 aromatic heterocycles. The van der Waals surface area contributed by atoms with E-state index in [1.807, 2.05) is 37.3 Å². The van der Waals surface area contributed by atoms with Crippen molar-refractivity contribution in [3.8, 4) is 5.13 Å². The predicted molar refractivity (Wildman–Crippen MR) is 107 cm³/mol. The fraction of sp³-hybridized carbons (Fsp3) is 0.579. The Kier molecular flexibility index (Phi) is 6.02. The van der Waals surface area contributed by atoms with Gasteiger partial charge in [0.15, 0.2) is 0 Å². The van der Waals surface area contributed by atoms with E-state index in [9.17, 15) is 9.59 Å². The number of hydrogen-bond donors (Lipinski definition) is 0. The van der Waals surface area contributed by atoms with Gasteiger partial charge in [-0.2, -0.15) is 5.10 Å². The zero-order chi connectivity index (χ0) is 20.4. The van der Waals surface area contributed by atoms with Crippen LogP contribution in [0, 0.1) is 27.7 Å². The second kappa shape index (κ2) is 8.30. The lowest BCUT2D eigenvalue weighted by Gasteiger charge is -2.34. The highest BCUT2D eigenvalue weighted by Gasteiger charge is 2.26. The maximum absolute atomic E-state index is 12.8. The van der Waals surface area contributed by atoms with Crippen LogP contribution in [-0.2, 0) is 16.0 Å². The molecule has 28 heavy (non-hydrogen) atoms. The molecule has 1 aliphatic heterocycles. The van der Waals surface area contributed by atoms with Crippen LogP contribution in [-0.4, -0.2) is 69.4 Å². The van der Waals surface area contributed by atoms with Crippen LogP contribution < -0.4 is 0 Å². The number of carbonyl (C=O) groups is 2. The van der Waals surface area contributed by atoms with Crippen molar-refractivity contribution in [2.75, 3.05) is 32.8 Å². The molecule has 2 amide bonds. The summed E-state index contributed by atoms with van der Waals surface area (Å²) in [5.41, 5.74) is 3.75. The number of piperazine rings is 1. The van der Waals surface area contributed by atoms with Gasteiger partial charge in [-0.1, -0.05) is 11.3 Å². The molecule has 0 aromatic carbocycles. The van der Waals surface area contributed by atoms with Crippen LogP contribution in [0.2, 0.25) is 0 Å². The maximum atomic E-state index is 12.8. The molecule has 0 aliphatic carbocycles. The SMILES string of the molecule is CCOC(=O)N1CCN(C(=O)Cc2c(C)nn(-c3nc(C)c(C)s3)c2C)CC1. The number of hydrogen-bond acceptors (Lipinski definition) is 6. The fourth-order valence-electron chi connectivity index (χ4n) is 3.28. The molecule has 3 rings (SSSR count). The van der Waals surface area contributed by atoms with Crippen LogP contribution in [0.15, 0.2) is 0 Å². The largest absolute Gasteiger partial charge is 0.450 e. The highest BCUT2D eigenvalue weighted by Crippen LogP contribution is 2.24. The summed E-state index contributed by atoms with van der Waals surface area (Å²) in [6.45, 7) is 12.1. The summed E-state index contributed by atoms with van der Waals surface area (Å²) in [4.78, 5) is 33.8. The van der Waals surface area contributed by atoms with Gasteiger partial charge in [0.1, 0.15) is 0 Å². The van der Waals surface area contributed by atoms with Crippen LogP contribution in [0.25, 0.3) is 5.13 Å². The smallest absolute Gasteiger partial charge is 0.409 e. The Morgan fingerprint density at radius 3 is 2.25 bits per heavy atom. The molecule has 2 aromatic rings. The molecule has 1 fully saturated rings. The van der Waals surface area contributed by atoms with Gasteiger partial charge in [0.25, 0.3) is 0 Å². The Labute approximate surface area is 169 Å². The van der Waals surface area contributed by atoms with Crippen molar-refractivity contribution < 1.29 is 14.3 Å². The zero-order valence-electron chi connectivity index (χ0n) is 17.1. The lowest BCUT2D eigenvalue weighted by molar-refractivity contribution is -0.132. The van der Waals surface area contributed by atoms with Gasteiger partial charge in [0, 0.05) is 42.3 Å². The maximum Gasteiger partial charge on any atom is 0.409 e. The Hall–Kier alpha value is -2.42. The normalized spacial score (nSPS) is 14.5. The predicted octanol–water partition coefficient (Wildman–Crippen LogP) is 2.41. The minimum absolute atomic E-state index is 0.0563. The second-order valence-electron chi connectivity index (χ2n) is 6.94. The molecule has 0 atom stereocenters. The van der Waals surface area contributed by atoms with E-state index in [0.29, 0.717) is 39.2 Å². The standard InChI is InChI=1S/C19H27N5O3S/c1-6-27-19(26)23-9-7-22(8-10-23)17(25)11-16-13(3)21-24(14(16)4)18-20-12(2)15(5)28-18/h6-11H2,1-5H3. The summed E-state index contributed by atoms with van der Waals surface area (Å²) in [5.74, 6) is 0.0563. The van der Waals surface area contributed by atoms with E-state index in [-0.39, 0.29) is 12.0 Å². The number of rotatable bonds is 4. The number of ether oxygens (including phenoxy) is 1. The van der Waals surface area contributed by atoms with E-state index in [0.717, 1.165) is 27.8 Å². The summed E-state index contributed by atoms with van der Waals surface area (Å²) < 4.78 is 6.86. The topological polar surface area (TPSA) is 80.6 Å². The summed E-state index contributed by atoms with van der Waals surface area (Å²) in [6.07, 6.45) is -0.00274. The molecule has 0 radical (unpaired) electrons. The van der Waals surface area contributed by atoms with Gasteiger partial charge in [-0.15, -0.1) is 0 Å². The van der Waals surface area contributed by atoms with E-state index >= 15 is 0 Å². The third-order valence-corrected chi connectivity index (χ3v) is 6.17. The highest BCUT2D eigenvalue weighted by atomic mass is 32.1. The minimum Gasteiger partial charge on any atom is -0.450 e. The molecule has 0 N–H and O–H groups in total. The molecule has 3 heterocycles. The molecule has 0 spiro atoms. The third-order valence-electron chi connectivity index (χ3n) is 5.13. The van der Waals surface area contributed by atoms with Gasteiger partial charge < -0.3 is 14.5 Å². The van der Waals surface area contributed by atoms with E-state index in [4.69, 9.17) is 4.74 Å². The van der Waals surface area contributed by atoms with Gasteiger partial charge in [0.2, 0.25) is 11.0 Å². The van der Waals surface area contributed by atoms with Crippen molar-refractivity contribution in [2.45, 2.75) is 41.0 Å². The lowest BCUT2D eigenvalue weighted by atomic mass is 10.1. The summed E-state index contributed by atoms with van der Waals surface area (Å²) in [5, 5.41) is 5.44. The average Bonchev–Trinajstić information content (AvgIpc) is 3.15. The van der Waals surface area contributed by atoms with Gasteiger partial charge in [-0.3, -0.25) is 4.79 Å². The monoisotopic (exact) mass is 405 g/mol. The van der Waals surface area contributed by atoms with E-state index in [2.05, 4.69) is 10.1 Å². The molecule has 1 saturated heterocycles. The van der Waals surface area contributed by atoms with Crippen molar-refractivity contribution in [3.05, 3.63) is 27.5 Å². The minimum atomic E-state index is -0.309. The molecule has 8 nitrogen and oxygen atoms in total. The molecule has 152 valence electrons.